The second-order valence-electron chi connectivity index (χ2n) is 6.53. The summed E-state index contributed by atoms with van der Waals surface area (Å²) < 4.78 is 11.9. The summed E-state index contributed by atoms with van der Waals surface area (Å²) in [6, 6.07) is 12.5. The van der Waals surface area contributed by atoms with Crippen molar-refractivity contribution >= 4 is 34.4 Å². The van der Waals surface area contributed by atoms with Gasteiger partial charge in [0.1, 0.15) is 0 Å². The molecule has 2 rings (SSSR count). The maximum Gasteiger partial charge on any atom is 0.252 e. The third-order valence-corrected chi connectivity index (χ3v) is 4.90. The van der Waals surface area contributed by atoms with Gasteiger partial charge in [-0.1, -0.05) is 18.2 Å². The molecule has 0 radical (unpaired) electrons. The van der Waals surface area contributed by atoms with Crippen LogP contribution in [-0.2, 0) is 4.79 Å². The molecule has 0 spiro atoms. The van der Waals surface area contributed by atoms with E-state index in [0.29, 0.717) is 17.1 Å². The van der Waals surface area contributed by atoms with Crippen LogP contribution in [0.5, 0.6) is 11.5 Å². The Bertz CT molecular complexity index is 839. The van der Waals surface area contributed by atoms with Crippen LogP contribution in [0.3, 0.4) is 0 Å². The monoisotopic (exact) mass is 496 g/mol. The number of methoxy groups -OCH3 is 1. The van der Waals surface area contributed by atoms with Gasteiger partial charge in [-0.25, -0.2) is 0 Å². The van der Waals surface area contributed by atoms with Crippen molar-refractivity contribution in [3.05, 3.63) is 57.2 Å². The van der Waals surface area contributed by atoms with E-state index in [1.807, 2.05) is 51.1 Å². The fraction of sp³-hybridized carbons (Fsp3) is 0.333. The van der Waals surface area contributed by atoms with E-state index < -0.39 is 0 Å². The summed E-state index contributed by atoms with van der Waals surface area (Å²) >= 11 is 2.09. The van der Waals surface area contributed by atoms with Crippen LogP contribution in [0.15, 0.2) is 42.5 Å². The van der Waals surface area contributed by atoms with Gasteiger partial charge in [-0.05, 0) is 73.2 Å². The predicted molar refractivity (Wildman–Crippen MR) is 117 cm³/mol. The van der Waals surface area contributed by atoms with Gasteiger partial charge in [0.15, 0.2) is 11.5 Å². The third-order valence-electron chi connectivity index (χ3n) is 3.96. The first kappa shape index (κ1) is 22.0. The van der Waals surface area contributed by atoms with Crippen LogP contribution in [0.4, 0.5) is 0 Å². The number of rotatable bonds is 8. The van der Waals surface area contributed by atoms with Gasteiger partial charge in [0.05, 0.1) is 31.4 Å². The zero-order valence-corrected chi connectivity index (χ0v) is 18.6. The zero-order valence-electron chi connectivity index (χ0n) is 16.4. The van der Waals surface area contributed by atoms with E-state index in [1.165, 1.54) is 0 Å². The molecule has 6 nitrogen and oxygen atoms in total. The Morgan fingerprint density at radius 1 is 1.07 bits per heavy atom. The molecule has 7 heteroatoms. The van der Waals surface area contributed by atoms with Crippen molar-refractivity contribution in [2.75, 3.05) is 13.7 Å². The molecule has 0 fully saturated rings. The van der Waals surface area contributed by atoms with Crippen molar-refractivity contribution < 1.29 is 19.1 Å². The number of nitrogens with one attached hydrogen (secondary N) is 2. The topological polar surface area (TPSA) is 76.7 Å². The second-order valence-corrected chi connectivity index (χ2v) is 7.69. The zero-order chi connectivity index (χ0) is 20.7. The summed E-state index contributed by atoms with van der Waals surface area (Å²) in [5.74, 6) is 0.724. The molecule has 0 aliphatic heterocycles. The average molecular weight is 496 g/mol. The molecule has 2 N–H and O–H groups in total. The van der Waals surface area contributed by atoms with Gasteiger partial charge in [0, 0.05) is 3.57 Å². The van der Waals surface area contributed by atoms with Gasteiger partial charge < -0.3 is 20.1 Å². The highest BCUT2D eigenvalue weighted by Crippen LogP contribution is 2.31. The Morgan fingerprint density at radius 2 is 1.79 bits per heavy atom. The lowest BCUT2D eigenvalue weighted by molar-refractivity contribution is -0.120. The van der Waals surface area contributed by atoms with Crippen LogP contribution in [0.25, 0.3) is 0 Å². The molecule has 1 unspecified atom stereocenters. The Hall–Kier alpha value is -2.29. The van der Waals surface area contributed by atoms with Crippen molar-refractivity contribution in [1.82, 2.24) is 10.6 Å². The third kappa shape index (κ3) is 6.12. The first-order valence-corrected chi connectivity index (χ1v) is 10.1. The van der Waals surface area contributed by atoms with Crippen LogP contribution in [-0.4, -0.2) is 31.6 Å². The fourth-order valence-electron chi connectivity index (χ4n) is 2.58. The van der Waals surface area contributed by atoms with Crippen LogP contribution >= 0.6 is 22.6 Å². The first-order chi connectivity index (χ1) is 13.3. The molecule has 0 saturated carbocycles. The number of hydrogen-bond donors (Lipinski definition) is 2. The number of ether oxygens (including phenoxy) is 2. The molecule has 28 heavy (non-hydrogen) atoms. The van der Waals surface area contributed by atoms with E-state index in [-0.39, 0.29) is 30.5 Å². The second kappa shape index (κ2) is 10.3. The van der Waals surface area contributed by atoms with Crippen molar-refractivity contribution in [1.29, 1.82) is 0 Å². The molecule has 0 aliphatic carbocycles. The smallest absolute Gasteiger partial charge is 0.252 e. The number of halogens is 1. The molecule has 0 bridgehead atoms. The highest BCUT2D eigenvalue weighted by molar-refractivity contribution is 14.1. The molecule has 0 aromatic heterocycles. The van der Waals surface area contributed by atoms with E-state index in [4.69, 9.17) is 9.47 Å². The highest BCUT2D eigenvalue weighted by Gasteiger charge is 2.15. The number of amides is 2. The molecule has 0 aliphatic rings. The lowest BCUT2D eigenvalue weighted by Gasteiger charge is -2.18. The maximum absolute atomic E-state index is 12.2. The molecule has 2 amide bonds. The van der Waals surface area contributed by atoms with Crippen molar-refractivity contribution in [2.24, 2.45) is 0 Å². The molecule has 1 atom stereocenters. The van der Waals surface area contributed by atoms with Crippen LogP contribution in [0.1, 0.15) is 42.7 Å². The first-order valence-electron chi connectivity index (χ1n) is 8.98. The number of hydrogen-bond acceptors (Lipinski definition) is 4. The van der Waals surface area contributed by atoms with Gasteiger partial charge >= 0.3 is 0 Å². The van der Waals surface area contributed by atoms with E-state index >= 15 is 0 Å². The van der Waals surface area contributed by atoms with Gasteiger partial charge in [-0.15, -0.1) is 0 Å². The van der Waals surface area contributed by atoms with Crippen LogP contribution in [0.2, 0.25) is 0 Å². The van der Waals surface area contributed by atoms with E-state index in [9.17, 15) is 9.59 Å². The van der Waals surface area contributed by atoms with Gasteiger partial charge in [-0.2, -0.15) is 0 Å². The Labute approximate surface area is 179 Å². The summed E-state index contributed by atoms with van der Waals surface area (Å²) in [6.45, 7) is 5.67. The summed E-state index contributed by atoms with van der Waals surface area (Å²) in [6.07, 6.45) is 0.0353. The fourth-order valence-corrected chi connectivity index (χ4v) is 3.21. The summed E-state index contributed by atoms with van der Waals surface area (Å²) in [5, 5.41) is 5.53. The molecule has 0 saturated heterocycles. The largest absolute Gasteiger partial charge is 0.493 e. The molecular weight excluding hydrogens is 471 g/mol. The van der Waals surface area contributed by atoms with E-state index in [0.717, 1.165) is 9.13 Å². The minimum absolute atomic E-state index is 0.0353. The van der Waals surface area contributed by atoms with Crippen molar-refractivity contribution in [3.8, 4) is 11.5 Å². The normalized spacial score (nSPS) is 11.6. The molecular formula is C21H25IN2O4. The lowest BCUT2D eigenvalue weighted by atomic mass is 10.1. The summed E-state index contributed by atoms with van der Waals surface area (Å²) in [7, 11) is 1.58. The average Bonchev–Trinajstić information content (AvgIpc) is 2.66. The van der Waals surface area contributed by atoms with Gasteiger partial charge in [-0.3, -0.25) is 9.59 Å². The molecule has 2 aromatic carbocycles. The molecule has 0 heterocycles. The lowest BCUT2D eigenvalue weighted by Crippen LogP contribution is -2.38. The van der Waals surface area contributed by atoms with Crippen LogP contribution < -0.4 is 20.1 Å². The number of benzene rings is 2. The summed E-state index contributed by atoms with van der Waals surface area (Å²) in [5.41, 5.74) is 1.43. The standard InChI is InChI=1S/C21H25IN2O4/c1-13(2)28-18-10-9-15(11-19(18)27-4)14(3)24-20(25)12-23-21(26)16-7-5-6-8-17(16)22/h5-11,13-14H,12H2,1-4H3,(H,23,26)(H,24,25). The predicted octanol–water partition coefficient (Wildman–Crippen LogP) is 3.69. The van der Waals surface area contributed by atoms with Crippen molar-refractivity contribution in [2.45, 2.75) is 32.9 Å². The Balaban J connectivity index is 1.95. The SMILES string of the molecule is COc1cc(C(C)NC(=O)CNC(=O)c2ccccc2I)ccc1OC(C)C. The van der Waals surface area contributed by atoms with Gasteiger partial charge in [0.25, 0.3) is 5.91 Å². The number of carbonyl (C=O) groups is 2. The van der Waals surface area contributed by atoms with Crippen molar-refractivity contribution in [3.63, 3.8) is 0 Å². The van der Waals surface area contributed by atoms with Gasteiger partial charge in [0.2, 0.25) is 5.91 Å². The Morgan fingerprint density at radius 3 is 2.43 bits per heavy atom. The summed E-state index contributed by atoms with van der Waals surface area (Å²) in [4.78, 5) is 24.4. The molecule has 2 aromatic rings. The Kier molecular flexibility index (Phi) is 8.10. The minimum Gasteiger partial charge on any atom is -0.493 e. The van der Waals surface area contributed by atoms with Crippen LogP contribution in [0, 0.1) is 3.57 Å². The maximum atomic E-state index is 12.2. The highest BCUT2D eigenvalue weighted by atomic mass is 127. The molecule has 150 valence electrons. The quantitative estimate of drug-likeness (QED) is 0.547. The van der Waals surface area contributed by atoms with E-state index in [1.54, 1.807) is 19.2 Å². The van der Waals surface area contributed by atoms with E-state index in [2.05, 4.69) is 33.2 Å². The minimum atomic E-state index is -0.273. The number of carbonyl (C=O) groups excluding carboxylic acids is 2.